The van der Waals surface area contributed by atoms with E-state index in [-0.39, 0.29) is 5.78 Å². The standard InChI is InChI=1S/C24H32O2/c1-3-5-7-9-19-26-23-17-15-21(16-18-23)20-11-13-22(14-12-20)24(25)10-8-6-4-2/h11-18H,3-10,19H2,1-2H3. The second kappa shape index (κ2) is 11.5. The fraction of sp³-hybridized carbons (Fsp3) is 0.458. The van der Waals surface area contributed by atoms with Crippen LogP contribution < -0.4 is 4.74 Å². The summed E-state index contributed by atoms with van der Waals surface area (Å²) in [6.07, 6.45) is 8.77. The van der Waals surface area contributed by atoms with Gasteiger partial charge in [0.1, 0.15) is 5.75 Å². The molecule has 0 saturated carbocycles. The van der Waals surface area contributed by atoms with Crippen LogP contribution in [0.4, 0.5) is 0 Å². The Morgan fingerprint density at radius 3 is 1.92 bits per heavy atom. The van der Waals surface area contributed by atoms with Crippen LogP contribution in [0.1, 0.15) is 75.6 Å². The Morgan fingerprint density at radius 2 is 1.31 bits per heavy atom. The highest BCUT2D eigenvalue weighted by Crippen LogP contribution is 2.23. The number of ketones is 1. The van der Waals surface area contributed by atoms with E-state index in [0.29, 0.717) is 6.42 Å². The van der Waals surface area contributed by atoms with Gasteiger partial charge in [0, 0.05) is 12.0 Å². The molecule has 2 aromatic rings. The Balaban J connectivity index is 1.87. The fourth-order valence-electron chi connectivity index (χ4n) is 2.99. The lowest BCUT2D eigenvalue weighted by molar-refractivity contribution is 0.0979. The molecule has 2 heteroatoms. The number of Topliss-reactive ketones (excluding diaryl/α,β-unsaturated/α-hetero) is 1. The summed E-state index contributed by atoms with van der Waals surface area (Å²) < 4.78 is 5.80. The molecule has 0 N–H and O–H groups in total. The maximum atomic E-state index is 12.2. The van der Waals surface area contributed by atoms with E-state index in [1.54, 1.807) is 0 Å². The average Bonchev–Trinajstić information content (AvgIpc) is 2.68. The van der Waals surface area contributed by atoms with Gasteiger partial charge in [-0.1, -0.05) is 82.3 Å². The molecular formula is C24H32O2. The van der Waals surface area contributed by atoms with Gasteiger partial charge in [0.05, 0.1) is 6.61 Å². The quantitative estimate of drug-likeness (QED) is 0.301. The van der Waals surface area contributed by atoms with Crippen molar-refractivity contribution in [3.05, 3.63) is 54.1 Å². The zero-order valence-corrected chi connectivity index (χ0v) is 16.3. The molecule has 0 saturated heterocycles. The highest BCUT2D eigenvalue weighted by Gasteiger charge is 2.06. The van der Waals surface area contributed by atoms with Crippen LogP contribution in [0.3, 0.4) is 0 Å². The van der Waals surface area contributed by atoms with Gasteiger partial charge in [-0.2, -0.15) is 0 Å². The Kier molecular flexibility index (Phi) is 8.95. The monoisotopic (exact) mass is 352 g/mol. The molecule has 0 fully saturated rings. The smallest absolute Gasteiger partial charge is 0.162 e. The number of benzene rings is 2. The number of carbonyl (C=O) groups is 1. The molecule has 0 radical (unpaired) electrons. The molecule has 0 aromatic heterocycles. The predicted octanol–water partition coefficient (Wildman–Crippen LogP) is 7.08. The second-order valence-corrected chi connectivity index (χ2v) is 6.89. The third-order valence-corrected chi connectivity index (χ3v) is 4.67. The molecule has 0 atom stereocenters. The summed E-state index contributed by atoms with van der Waals surface area (Å²) in [5.74, 6) is 1.17. The molecule has 26 heavy (non-hydrogen) atoms. The van der Waals surface area contributed by atoms with Crippen molar-refractivity contribution in [2.45, 2.75) is 65.2 Å². The first-order chi connectivity index (χ1) is 12.7. The topological polar surface area (TPSA) is 26.3 Å². The number of unbranched alkanes of at least 4 members (excludes halogenated alkanes) is 5. The van der Waals surface area contributed by atoms with Crippen LogP contribution in [0, 0.1) is 0 Å². The van der Waals surface area contributed by atoms with Gasteiger partial charge in [0.15, 0.2) is 5.78 Å². The summed E-state index contributed by atoms with van der Waals surface area (Å²) in [6, 6.07) is 16.2. The molecule has 2 nitrogen and oxygen atoms in total. The van der Waals surface area contributed by atoms with Gasteiger partial charge in [0.25, 0.3) is 0 Å². The van der Waals surface area contributed by atoms with E-state index in [0.717, 1.165) is 54.7 Å². The van der Waals surface area contributed by atoms with Crippen LogP contribution >= 0.6 is 0 Å². The lowest BCUT2D eigenvalue weighted by atomic mass is 10.0. The summed E-state index contributed by atoms with van der Waals surface area (Å²) in [4.78, 5) is 12.2. The van der Waals surface area contributed by atoms with E-state index in [2.05, 4.69) is 26.0 Å². The van der Waals surface area contributed by atoms with Gasteiger partial charge in [-0.05, 0) is 36.1 Å². The first kappa shape index (κ1) is 20.2. The fourth-order valence-corrected chi connectivity index (χ4v) is 2.99. The molecule has 0 unspecified atom stereocenters. The van der Waals surface area contributed by atoms with E-state index in [4.69, 9.17) is 4.74 Å². The van der Waals surface area contributed by atoms with E-state index in [1.807, 2.05) is 36.4 Å². The minimum absolute atomic E-state index is 0.247. The van der Waals surface area contributed by atoms with Crippen LogP contribution in [0.5, 0.6) is 5.75 Å². The maximum absolute atomic E-state index is 12.2. The number of hydrogen-bond acceptors (Lipinski definition) is 2. The molecule has 2 aromatic carbocycles. The summed E-state index contributed by atoms with van der Waals surface area (Å²) in [7, 11) is 0. The van der Waals surface area contributed by atoms with Crippen molar-refractivity contribution in [2.75, 3.05) is 6.61 Å². The number of carbonyl (C=O) groups excluding carboxylic acids is 1. The summed E-state index contributed by atoms with van der Waals surface area (Å²) >= 11 is 0. The minimum atomic E-state index is 0.247. The van der Waals surface area contributed by atoms with Crippen LogP contribution in [-0.4, -0.2) is 12.4 Å². The van der Waals surface area contributed by atoms with Crippen LogP contribution in [0.2, 0.25) is 0 Å². The average molecular weight is 353 g/mol. The highest BCUT2D eigenvalue weighted by molar-refractivity contribution is 5.96. The van der Waals surface area contributed by atoms with Gasteiger partial charge in [0.2, 0.25) is 0 Å². The third-order valence-electron chi connectivity index (χ3n) is 4.67. The van der Waals surface area contributed by atoms with E-state index < -0.39 is 0 Å². The number of rotatable bonds is 12. The Labute approximate surface area is 158 Å². The molecule has 0 heterocycles. The summed E-state index contributed by atoms with van der Waals surface area (Å²) in [5, 5.41) is 0. The lowest BCUT2D eigenvalue weighted by Gasteiger charge is -2.08. The van der Waals surface area contributed by atoms with Gasteiger partial charge < -0.3 is 4.74 Å². The van der Waals surface area contributed by atoms with Crippen molar-refractivity contribution in [1.82, 2.24) is 0 Å². The van der Waals surface area contributed by atoms with Crippen LogP contribution in [0.15, 0.2) is 48.5 Å². The molecule has 0 aliphatic heterocycles. The molecular weight excluding hydrogens is 320 g/mol. The van der Waals surface area contributed by atoms with E-state index in [1.165, 1.54) is 19.3 Å². The van der Waals surface area contributed by atoms with Crippen molar-refractivity contribution >= 4 is 5.78 Å². The van der Waals surface area contributed by atoms with Crippen LogP contribution in [0.25, 0.3) is 11.1 Å². The molecule has 0 bridgehead atoms. The molecule has 0 aliphatic carbocycles. The zero-order valence-electron chi connectivity index (χ0n) is 16.3. The normalized spacial score (nSPS) is 10.7. The van der Waals surface area contributed by atoms with E-state index >= 15 is 0 Å². The predicted molar refractivity (Wildman–Crippen MR) is 110 cm³/mol. The molecule has 2 rings (SSSR count). The van der Waals surface area contributed by atoms with Crippen LogP contribution in [-0.2, 0) is 0 Å². The van der Waals surface area contributed by atoms with Gasteiger partial charge in [-0.25, -0.2) is 0 Å². The number of ether oxygens (including phenoxy) is 1. The van der Waals surface area contributed by atoms with Gasteiger partial charge in [-0.15, -0.1) is 0 Å². The third kappa shape index (κ3) is 6.67. The minimum Gasteiger partial charge on any atom is -0.494 e. The summed E-state index contributed by atoms with van der Waals surface area (Å²) in [5.41, 5.74) is 3.09. The Morgan fingerprint density at radius 1 is 0.731 bits per heavy atom. The SMILES string of the molecule is CCCCCCOc1ccc(-c2ccc(C(=O)CCCCC)cc2)cc1. The molecule has 140 valence electrons. The van der Waals surface area contributed by atoms with E-state index in [9.17, 15) is 4.79 Å². The Hall–Kier alpha value is -2.09. The largest absolute Gasteiger partial charge is 0.494 e. The van der Waals surface area contributed by atoms with Gasteiger partial charge >= 0.3 is 0 Å². The van der Waals surface area contributed by atoms with Crippen molar-refractivity contribution < 1.29 is 9.53 Å². The Bertz CT molecular complexity index is 641. The molecule has 0 aliphatic rings. The van der Waals surface area contributed by atoms with Crippen molar-refractivity contribution in [3.63, 3.8) is 0 Å². The van der Waals surface area contributed by atoms with Crippen molar-refractivity contribution in [3.8, 4) is 16.9 Å². The van der Waals surface area contributed by atoms with Gasteiger partial charge in [-0.3, -0.25) is 4.79 Å². The van der Waals surface area contributed by atoms with Crippen molar-refractivity contribution in [2.24, 2.45) is 0 Å². The molecule has 0 amide bonds. The number of hydrogen-bond donors (Lipinski definition) is 0. The second-order valence-electron chi connectivity index (χ2n) is 6.89. The van der Waals surface area contributed by atoms with Crippen molar-refractivity contribution in [1.29, 1.82) is 0 Å². The maximum Gasteiger partial charge on any atom is 0.162 e. The zero-order chi connectivity index (χ0) is 18.6. The summed E-state index contributed by atoms with van der Waals surface area (Å²) in [6.45, 7) is 5.16. The first-order valence-electron chi connectivity index (χ1n) is 10.1. The lowest BCUT2D eigenvalue weighted by Crippen LogP contribution is -1.98. The first-order valence-corrected chi connectivity index (χ1v) is 10.1. The molecule has 0 spiro atoms. The highest BCUT2D eigenvalue weighted by atomic mass is 16.5.